The van der Waals surface area contributed by atoms with Crippen LogP contribution in [0.2, 0.25) is 0 Å². The number of nitrogens with one attached hydrogen (secondary N) is 1. The molecule has 134 valence electrons. The Bertz CT molecular complexity index is 780. The van der Waals surface area contributed by atoms with E-state index in [1.807, 2.05) is 6.92 Å². The minimum atomic E-state index is 0.128. The summed E-state index contributed by atoms with van der Waals surface area (Å²) in [5.74, 6) is 2.55. The molecule has 0 aliphatic carbocycles. The number of nitrogen functional groups attached to an aromatic ring is 1. The van der Waals surface area contributed by atoms with Crippen molar-refractivity contribution in [2.45, 2.75) is 13.0 Å². The molecule has 0 bridgehead atoms. The summed E-state index contributed by atoms with van der Waals surface area (Å²) >= 11 is 1.37. The van der Waals surface area contributed by atoms with Crippen LogP contribution in [0.5, 0.6) is 17.2 Å². The highest BCUT2D eigenvalue weighted by molar-refractivity contribution is 7.18. The van der Waals surface area contributed by atoms with Crippen LogP contribution in [0.1, 0.15) is 11.8 Å². The molecule has 1 aliphatic rings. The summed E-state index contributed by atoms with van der Waals surface area (Å²) in [5, 5.41) is 3.82. The Hall–Kier alpha value is -2.68. The number of thiazole rings is 1. The zero-order valence-corrected chi connectivity index (χ0v) is 15.3. The summed E-state index contributed by atoms with van der Waals surface area (Å²) in [6.45, 7) is 2.54. The largest absolute Gasteiger partial charge is 0.493 e. The number of rotatable bonds is 6. The molecule has 3 rings (SSSR count). The fraction of sp³-hybridized carbons (Fsp3) is 0.375. The third-order valence-electron chi connectivity index (χ3n) is 3.56. The van der Waals surface area contributed by atoms with E-state index in [9.17, 15) is 0 Å². The number of aromatic nitrogens is 1. The van der Waals surface area contributed by atoms with Gasteiger partial charge in [0, 0.05) is 17.8 Å². The van der Waals surface area contributed by atoms with Crippen LogP contribution in [0, 0.1) is 0 Å². The molecular formula is C16H20N4O4S. The second-order valence-electron chi connectivity index (χ2n) is 5.37. The summed E-state index contributed by atoms with van der Waals surface area (Å²) in [5.41, 5.74) is 6.74. The molecule has 0 radical (unpaired) electrons. The van der Waals surface area contributed by atoms with Crippen molar-refractivity contribution in [2.24, 2.45) is 4.99 Å². The molecule has 0 fully saturated rings. The van der Waals surface area contributed by atoms with E-state index in [1.165, 1.54) is 11.3 Å². The third-order valence-corrected chi connectivity index (χ3v) is 4.54. The van der Waals surface area contributed by atoms with Crippen LogP contribution >= 0.6 is 11.3 Å². The molecule has 0 amide bonds. The highest BCUT2D eigenvalue weighted by Crippen LogP contribution is 2.41. The van der Waals surface area contributed by atoms with Crippen molar-refractivity contribution in [1.82, 2.24) is 4.98 Å². The minimum absolute atomic E-state index is 0.128. The van der Waals surface area contributed by atoms with E-state index in [0.29, 0.717) is 40.7 Å². The fourth-order valence-electron chi connectivity index (χ4n) is 2.41. The summed E-state index contributed by atoms with van der Waals surface area (Å²) in [6.07, 6.45) is 0. The van der Waals surface area contributed by atoms with Crippen LogP contribution in [0.3, 0.4) is 0 Å². The van der Waals surface area contributed by atoms with E-state index in [2.05, 4.69) is 15.3 Å². The van der Waals surface area contributed by atoms with Crippen molar-refractivity contribution < 1.29 is 18.9 Å². The Kier molecular flexibility index (Phi) is 4.84. The summed E-state index contributed by atoms with van der Waals surface area (Å²) in [4.78, 5) is 9.48. The molecule has 8 nitrogen and oxygen atoms in total. The molecule has 1 aliphatic heterocycles. The lowest BCUT2D eigenvalue weighted by Gasteiger charge is -2.14. The number of nitrogens with zero attached hydrogens (tertiary/aromatic N) is 2. The van der Waals surface area contributed by atoms with Crippen molar-refractivity contribution in [3.63, 3.8) is 0 Å². The van der Waals surface area contributed by atoms with Crippen molar-refractivity contribution in [3.05, 3.63) is 17.0 Å². The molecule has 0 spiro atoms. The number of nitrogens with two attached hydrogens (primary N) is 1. The molecule has 0 saturated heterocycles. The number of ether oxygens (including phenoxy) is 4. The second kappa shape index (κ2) is 7.06. The van der Waals surface area contributed by atoms with Crippen molar-refractivity contribution in [2.75, 3.05) is 39.0 Å². The summed E-state index contributed by atoms with van der Waals surface area (Å²) < 4.78 is 21.6. The molecule has 2 heterocycles. The highest BCUT2D eigenvalue weighted by Gasteiger charge is 2.22. The maximum Gasteiger partial charge on any atom is 0.230 e. The normalized spacial score (nSPS) is 16.2. The first-order valence-electron chi connectivity index (χ1n) is 7.60. The minimum Gasteiger partial charge on any atom is -0.493 e. The van der Waals surface area contributed by atoms with Gasteiger partial charge in [0.2, 0.25) is 11.6 Å². The van der Waals surface area contributed by atoms with E-state index in [-0.39, 0.29) is 6.04 Å². The van der Waals surface area contributed by atoms with Crippen molar-refractivity contribution >= 4 is 33.9 Å². The molecule has 1 aromatic carbocycles. The van der Waals surface area contributed by atoms with Crippen LogP contribution in [0.15, 0.2) is 17.1 Å². The average Bonchev–Trinajstić information content (AvgIpc) is 3.19. The van der Waals surface area contributed by atoms with Gasteiger partial charge in [-0.05, 0) is 6.92 Å². The second-order valence-corrected chi connectivity index (χ2v) is 6.37. The van der Waals surface area contributed by atoms with E-state index >= 15 is 0 Å². The lowest BCUT2D eigenvalue weighted by atomic mass is 10.2. The third kappa shape index (κ3) is 3.41. The van der Waals surface area contributed by atoms with Crippen LogP contribution in [0.4, 0.5) is 16.6 Å². The molecule has 2 aromatic rings. The Morgan fingerprint density at radius 1 is 1.20 bits per heavy atom. The monoisotopic (exact) mass is 364 g/mol. The fourth-order valence-corrected chi connectivity index (χ4v) is 3.27. The zero-order valence-electron chi connectivity index (χ0n) is 14.5. The Morgan fingerprint density at radius 2 is 1.88 bits per heavy atom. The molecule has 0 saturated carbocycles. The predicted octanol–water partition coefficient (Wildman–Crippen LogP) is 2.66. The van der Waals surface area contributed by atoms with Crippen LogP contribution in [-0.2, 0) is 4.74 Å². The average molecular weight is 364 g/mol. The number of aliphatic imine (C=N–C) groups is 1. The van der Waals surface area contributed by atoms with E-state index < -0.39 is 0 Å². The first kappa shape index (κ1) is 17.2. The van der Waals surface area contributed by atoms with Gasteiger partial charge in [0.1, 0.15) is 17.3 Å². The molecule has 0 unspecified atom stereocenters. The van der Waals surface area contributed by atoms with Gasteiger partial charge < -0.3 is 30.0 Å². The van der Waals surface area contributed by atoms with Gasteiger partial charge in [-0.15, -0.1) is 0 Å². The number of benzene rings is 1. The predicted molar refractivity (Wildman–Crippen MR) is 97.9 cm³/mol. The number of hydrogen-bond acceptors (Lipinski definition) is 9. The maximum absolute atomic E-state index is 6.01. The Morgan fingerprint density at radius 3 is 2.40 bits per heavy atom. The van der Waals surface area contributed by atoms with Gasteiger partial charge in [-0.2, -0.15) is 0 Å². The van der Waals surface area contributed by atoms with Crippen molar-refractivity contribution in [1.29, 1.82) is 0 Å². The van der Waals surface area contributed by atoms with Crippen LogP contribution in [-0.4, -0.2) is 44.9 Å². The lowest BCUT2D eigenvalue weighted by molar-refractivity contribution is 0.324. The van der Waals surface area contributed by atoms with Gasteiger partial charge in [-0.25, -0.2) is 9.98 Å². The van der Waals surface area contributed by atoms with E-state index in [0.717, 1.165) is 10.6 Å². The SMILES string of the molecule is COc1cc(Nc2nc(N)c(C3=N[C@@H](C)CO3)s2)cc(OC)c1OC. The first-order valence-corrected chi connectivity index (χ1v) is 8.41. The smallest absolute Gasteiger partial charge is 0.230 e. The van der Waals surface area contributed by atoms with Crippen LogP contribution in [0.25, 0.3) is 0 Å². The topological polar surface area (TPSA) is 100 Å². The van der Waals surface area contributed by atoms with E-state index in [1.54, 1.807) is 33.5 Å². The molecule has 25 heavy (non-hydrogen) atoms. The number of hydrogen-bond donors (Lipinski definition) is 2. The van der Waals surface area contributed by atoms with E-state index in [4.69, 9.17) is 24.7 Å². The summed E-state index contributed by atoms with van der Waals surface area (Å²) in [7, 11) is 4.69. The Balaban J connectivity index is 1.89. The standard InChI is InChI=1S/C16H20N4O4S/c1-8-7-24-15(18-8)13-14(17)20-16(25-13)19-9-5-10(21-2)12(23-4)11(6-9)22-3/h5-6,8H,7,17H2,1-4H3,(H,19,20)/t8-/m0/s1. The number of anilines is 3. The quantitative estimate of drug-likeness (QED) is 0.813. The van der Waals surface area contributed by atoms with Gasteiger partial charge in [0.05, 0.1) is 27.4 Å². The molecule has 9 heteroatoms. The molecule has 3 N–H and O–H groups in total. The lowest BCUT2D eigenvalue weighted by Crippen LogP contribution is -2.02. The zero-order chi connectivity index (χ0) is 18.0. The highest BCUT2D eigenvalue weighted by atomic mass is 32.1. The van der Waals surface area contributed by atoms with Gasteiger partial charge in [-0.3, -0.25) is 0 Å². The first-order chi connectivity index (χ1) is 12.0. The molecular weight excluding hydrogens is 344 g/mol. The van der Waals surface area contributed by atoms with Gasteiger partial charge in [0.15, 0.2) is 16.6 Å². The summed E-state index contributed by atoms with van der Waals surface area (Å²) in [6, 6.07) is 3.72. The van der Waals surface area contributed by atoms with Gasteiger partial charge in [-0.1, -0.05) is 11.3 Å². The van der Waals surface area contributed by atoms with Gasteiger partial charge in [0.25, 0.3) is 0 Å². The molecule has 1 atom stereocenters. The molecule has 1 aromatic heterocycles. The number of methoxy groups -OCH3 is 3. The maximum atomic E-state index is 6.01. The van der Waals surface area contributed by atoms with Crippen molar-refractivity contribution in [3.8, 4) is 17.2 Å². The Labute approximate surface area is 149 Å². The van der Waals surface area contributed by atoms with Crippen LogP contribution < -0.4 is 25.3 Å². The van der Waals surface area contributed by atoms with Gasteiger partial charge >= 0.3 is 0 Å².